The van der Waals surface area contributed by atoms with Crippen LogP contribution in [0.15, 0.2) is 52.3 Å². The highest BCUT2D eigenvalue weighted by molar-refractivity contribution is 7.91. The van der Waals surface area contributed by atoms with E-state index in [2.05, 4.69) is 0 Å². The van der Waals surface area contributed by atoms with Crippen LogP contribution in [-0.4, -0.2) is 20.6 Å². The van der Waals surface area contributed by atoms with Gasteiger partial charge in [-0.15, -0.1) is 0 Å². The van der Waals surface area contributed by atoms with Crippen LogP contribution in [0.3, 0.4) is 0 Å². The molecule has 2 aromatic carbocycles. The zero-order valence-corrected chi connectivity index (χ0v) is 12.1. The standard InChI is InChI=1S/C15H16O4S/c1-3-11-4-6-12(7-5-11)20(17,18)13-8-9-14(16)15(10-13)19-2/h4-10,16H,3H2,1-2H3. The van der Waals surface area contributed by atoms with Gasteiger partial charge in [0, 0.05) is 6.07 Å². The maximum absolute atomic E-state index is 12.5. The fourth-order valence-electron chi connectivity index (χ4n) is 1.87. The second-order valence-corrected chi connectivity index (χ2v) is 6.28. The largest absolute Gasteiger partial charge is 0.504 e. The van der Waals surface area contributed by atoms with E-state index in [0.717, 1.165) is 12.0 Å². The Morgan fingerprint density at radius 2 is 1.65 bits per heavy atom. The highest BCUT2D eigenvalue weighted by Crippen LogP contribution is 2.31. The minimum Gasteiger partial charge on any atom is -0.504 e. The van der Waals surface area contributed by atoms with Crippen LogP contribution >= 0.6 is 0 Å². The third-order valence-electron chi connectivity index (χ3n) is 3.10. The van der Waals surface area contributed by atoms with Crippen molar-refractivity contribution < 1.29 is 18.3 Å². The topological polar surface area (TPSA) is 63.6 Å². The first-order valence-electron chi connectivity index (χ1n) is 6.20. The van der Waals surface area contributed by atoms with Crippen molar-refractivity contribution in [3.8, 4) is 11.5 Å². The van der Waals surface area contributed by atoms with Crippen LogP contribution < -0.4 is 4.74 Å². The highest BCUT2D eigenvalue weighted by atomic mass is 32.2. The summed E-state index contributed by atoms with van der Waals surface area (Å²) in [5.74, 6) is 0.0454. The van der Waals surface area contributed by atoms with Crippen molar-refractivity contribution in [2.24, 2.45) is 0 Å². The predicted molar refractivity (Wildman–Crippen MR) is 75.9 cm³/mol. The Balaban J connectivity index is 2.48. The molecule has 20 heavy (non-hydrogen) atoms. The normalized spacial score (nSPS) is 11.3. The molecule has 4 nitrogen and oxygen atoms in total. The molecule has 0 saturated carbocycles. The van der Waals surface area contributed by atoms with Crippen molar-refractivity contribution in [3.05, 3.63) is 48.0 Å². The number of sulfone groups is 1. The molecule has 0 bridgehead atoms. The van der Waals surface area contributed by atoms with Crippen molar-refractivity contribution in [3.63, 3.8) is 0 Å². The number of methoxy groups -OCH3 is 1. The summed E-state index contributed by atoms with van der Waals surface area (Å²) >= 11 is 0. The van der Waals surface area contributed by atoms with Gasteiger partial charge in [0.25, 0.3) is 0 Å². The van der Waals surface area contributed by atoms with Crippen LogP contribution in [0.4, 0.5) is 0 Å². The van der Waals surface area contributed by atoms with E-state index < -0.39 is 9.84 Å². The molecule has 106 valence electrons. The van der Waals surface area contributed by atoms with E-state index >= 15 is 0 Å². The number of benzene rings is 2. The summed E-state index contributed by atoms with van der Waals surface area (Å²) in [5, 5.41) is 9.52. The molecule has 1 N–H and O–H groups in total. The van der Waals surface area contributed by atoms with E-state index in [1.165, 1.54) is 25.3 Å². The second-order valence-electron chi connectivity index (χ2n) is 4.33. The van der Waals surface area contributed by atoms with E-state index in [4.69, 9.17) is 4.74 Å². The number of rotatable bonds is 4. The average molecular weight is 292 g/mol. The van der Waals surface area contributed by atoms with Gasteiger partial charge >= 0.3 is 0 Å². The summed E-state index contributed by atoms with van der Waals surface area (Å²) < 4.78 is 29.9. The van der Waals surface area contributed by atoms with Crippen molar-refractivity contribution in [2.45, 2.75) is 23.1 Å². The summed E-state index contributed by atoms with van der Waals surface area (Å²) in [6.45, 7) is 2.01. The number of phenolic OH excluding ortho intramolecular Hbond substituents is 1. The number of aromatic hydroxyl groups is 1. The van der Waals surface area contributed by atoms with E-state index in [-0.39, 0.29) is 21.3 Å². The molecule has 0 atom stereocenters. The first-order valence-corrected chi connectivity index (χ1v) is 7.68. The van der Waals surface area contributed by atoms with Gasteiger partial charge in [0.2, 0.25) is 9.84 Å². The van der Waals surface area contributed by atoms with Gasteiger partial charge in [-0.25, -0.2) is 8.42 Å². The SMILES string of the molecule is CCc1ccc(S(=O)(=O)c2ccc(O)c(OC)c2)cc1. The van der Waals surface area contributed by atoms with E-state index in [1.54, 1.807) is 24.3 Å². The molecule has 0 unspecified atom stereocenters. The predicted octanol–water partition coefficient (Wildman–Crippen LogP) is 2.80. The Morgan fingerprint density at radius 3 is 2.20 bits per heavy atom. The van der Waals surface area contributed by atoms with Crippen molar-refractivity contribution >= 4 is 9.84 Å². The van der Waals surface area contributed by atoms with Gasteiger partial charge in [-0.1, -0.05) is 19.1 Å². The lowest BCUT2D eigenvalue weighted by atomic mass is 10.2. The Morgan fingerprint density at radius 1 is 1.05 bits per heavy atom. The van der Waals surface area contributed by atoms with Crippen molar-refractivity contribution in [1.82, 2.24) is 0 Å². The molecule has 2 aromatic rings. The zero-order valence-electron chi connectivity index (χ0n) is 11.3. The van der Waals surface area contributed by atoms with Gasteiger partial charge in [-0.2, -0.15) is 0 Å². The summed E-state index contributed by atoms with van der Waals surface area (Å²) in [5.41, 5.74) is 1.08. The highest BCUT2D eigenvalue weighted by Gasteiger charge is 2.19. The lowest BCUT2D eigenvalue weighted by molar-refractivity contribution is 0.372. The van der Waals surface area contributed by atoms with Crippen LogP contribution in [0.1, 0.15) is 12.5 Å². The zero-order chi connectivity index (χ0) is 14.8. The average Bonchev–Trinajstić information content (AvgIpc) is 2.47. The second kappa shape index (κ2) is 5.54. The Hall–Kier alpha value is -2.01. The van der Waals surface area contributed by atoms with Gasteiger partial charge in [-0.3, -0.25) is 0 Å². The minimum absolute atomic E-state index is 0.0900. The van der Waals surface area contributed by atoms with E-state index in [0.29, 0.717) is 0 Å². The van der Waals surface area contributed by atoms with Crippen LogP contribution in [0.5, 0.6) is 11.5 Å². The summed E-state index contributed by atoms with van der Waals surface area (Å²) in [4.78, 5) is 0.318. The third-order valence-corrected chi connectivity index (χ3v) is 4.87. The molecule has 0 aliphatic heterocycles. The fraction of sp³-hybridized carbons (Fsp3) is 0.200. The molecule has 0 radical (unpaired) electrons. The lowest BCUT2D eigenvalue weighted by Crippen LogP contribution is -2.02. The molecule has 0 saturated heterocycles. The number of aryl methyl sites for hydroxylation is 1. The monoisotopic (exact) mass is 292 g/mol. The molecule has 0 spiro atoms. The minimum atomic E-state index is -3.60. The first-order chi connectivity index (χ1) is 9.48. The molecule has 5 heteroatoms. The van der Waals surface area contributed by atoms with Crippen LogP contribution in [-0.2, 0) is 16.3 Å². The van der Waals surface area contributed by atoms with Crippen LogP contribution in [0, 0.1) is 0 Å². The summed E-state index contributed by atoms with van der Waals surface area (Å²) in [7, 11) is -2.23. The number of hydrogen-bond donors (Lipinski definition) is 1. The lowest BCUT2D eigenvalue weighted by Gasteiger charge is -2.08. The molecule has 0 fully saturated rings. The van der Waals surface area contributed by atoms with Crippen LogP contribution in [0.2, 0.25) is 0 Å². The fourth-order valence-corrected chi connectivity index (χ4v) is 3.14. The third kappa shape index (κ3) is 2.63. The maximum atomic E-state index is 12.5. The van der Waals surface area contributed by atoms with Gasteiger partial charge in [0.15, 0.2) is 11.5 Å². The van der Waals surface area contributed by atoms with Gasteiger partial charge < -0.3 is 9.84 Å². The Bertz CT molecular complexity index is 703. The molecule has 0 aromatic heterocycles. The van der Waals surface area contributed by atoms with Crippen LogP contribution in [0.25, 0.3) is 0 Å². The van der Waals surface area contributed by atoms with Crippen molar-refractivity contribution in [2.75, 3.05) is 7.11 Å². The molecule has 0 amide bonds. The maximum Gasteiger partial charge on any atom is 0.206 e. The first kappa shape index (κ1) is 14.4. The summed E-state index contributed by atoms with van der Waals surface area (Å²) in [6.07, 6.45) is 0.855. The van der Waals surface area contributed by atoms with Gasteiger partial charge in [-0.05, 0) is 36.2 Å². The van der Waals surface area contributed by atoms with Gasteiger partial charge in [0.05, 0.1) is 16.9 Å². The quantitative estimate of drug-likeness (QED) is 0.941. The molecule has 0 heterocycles. The number of hydrogen-bond acceptors (Lipinski definition) is 4. The smallest absolute Gasteiger partial charge is 0.206 e. The van der Waals surface area contributed by atoms with Crippen molar-refractivity contribution in [1.29, 1.82) is 0 Å². The molecular weight excluding hydrogens is 276 g/mol. The van der Waals surface area contributed by atoms with E-state index in [1.807, 2.05) is 6.92 Å². The Kier molecular flexibility index (Phi) is 3.99. The molecule has 0 aliphatic rings. The molecule has 0 aliphatic carbocycles. The van der Waals surface area contributed by atoms with Gasteiger partial charge in [0.1, 0.15) is 0 Å². The number of phenols is 1. The number of ether oxygens (including phenoxy) is 1. The summed E-state index contributed by atoms with van der Waals surface area (Å²) in [6, 6.07) is 10.8. The Labute approximate surface area is 118 Å². The van der Waals surface area contributed by atoms with E-state index in [9.17, 15) is 13.5 Å². The molecule has 2 rings (SSSR count). The molecular formula is C15H16O4S.